The first-order chi connectivity index (χ1) is 23.1. The van der Waals surface area contributed by atoms with E-state index in [-0.39, 0.29) is 35.7 Å². The number of allylic oxidation sites excluding steroid dienone is 6. The van der Waals surface area contributed by atoms with Crippen LogP contribution in [0.4, 0.5) is 22.7 Å². The number of benzene rings is 4. The van der Waals surface area contributed by atoms with Gasteiger partial charge in [0, 0.05) is 45.9 Å². The summed E-state index contributed by atoms with van der Waals surface area (Å²) < 4.78 is 2.12. The Morgan fingerprint density at radius 2 is 1.27 bits per heavy atom. The number of anilines is 3. The molecule has 0 aromatic heterocycles. The molecule has 48 heavy (non-hydrogen) atoms. The molecule has 242 valence electrons. The normalized spacial score (nSPS) is 17.1. The van der Waals surface area contributed by atoms with Gasteiger partial charge in [-0.05, 0) is 62.7 Å². The minimum atomic E-state index is -0.295. The highest BCUT2D eigenvalue weighted by Crippen LogP contribution is 2.47. The lowest BCUT2D eigenvalue weighted by molar-refractivity contribution is -0.424. The zero-order valence-electron chi connectivity index (χ0n) is 28.3. The van der Waals surface area contributed by atoms with Crippen molar-refractivity contribution < 1.29 is 14.2 Å². The van der Waals surface area contributed by atoms with Crippen LogP contribution in [0.25, 0.3) is 0 Å². The van der Waals surface area contributed by atoms with Gasteiger partial charge in [-0.25, -0.2) is 0 Å². The van der Waals surface area contributed by atoms with Gasteiger partial charge in [-0.2, -0.15) is 4.58 Å². The Morgan fingerprint density at radius 3 is 1.94 bits per heavy atom. The molecule has 6 rings (SSSR count). The number of nitrogens with one attached hydrogen (secondary N) is 2. The average Bonchev–Trinajstić information content (AvgIpc) is 3.41. The molecule has 2 aliphatic rings. The lowest BCUT2D eigenvalue weighted by Crippen LogP contribution is -2.33. The maximum atomic E-state index is 13.2. The van der Waals surface area contributed by atoms with E-state index in [2.05, 4.69) is 115 Å². The fraction of sp³-hybridized carbons (Fsp3) is 0.214. The topological polar surface area (TPSA) is 64.5 Å². The summed E-state index contributed by atoms with van der Waals surface area (Å²) in [6, 6.07) is 35.7. The Bertz CT molecular complexity index is 1970. The van der Waals surface area contributed by atoms with Crippen LogP contribution in [0.15, 0.2) is 145 Å². The standard InChI is InChI=1S/C42H42N4O2/c1-30(24-26-37-41(2,3)33-20-12-14-22-35(33)45(37)28-39(47)43-31-16-8-6-9-17-31)25-27-38-42(4,5)34-21-13-15-23-36(34)46(38)29-40(48)44-32-18-10-7-11-19-32/h6-27H,28-29H2,1-5H3,(H-,43,44,47,48)/p+1. The molecule has 0 bridgehead atoms. The van der Waals surface area contributed by atoms with E-state index in [1.165, 1.54) is 11.1 Å². The number of fused-ring (bicyclic) bond motifs is 2. The lowest BCUT2D eigenvalue weighted by atomic mass is 9.81. The van der Waals surface area contributed by atoms with Crippen molar-refractivity contribution in [3.8, 4) is 0 Å². The SMILES string of the molecule is CC(C=CC1=[N+](CC(=O)Nc2ccccc2)c2ccccc2C1(C)C)=CC=C1N(CC(=O)Nc2ccccc2)c2ccccc2C1(C)C. The van der Waals surface area contributed by atoms with Gasteiger partial charge >= 0.3 is 0 Å². The molecule has 0 fully saturated rings. The number of hydrogen-bond donors (Lipinski definition) is 2. The summed E-state index contributed by atoms with van der Waals surface area (Å²) in [4.78, 5) is 28.6. The van der Waals surface area contributed by atoms with Crippen molar-refractivity contribution in [3.05, 3.63) is 156 Å². The van der Waals surface area contributed by atoms with Crippen molar-refractivity contribution in [2.45, 2.75) is 45.4 Å². The molecule has 0 radical (unpaired) electrons. The highest BCUT2D eigenvalue weighted by molar-refractivity contribution is 6.04. The van der Waals surface area contributed by atoms with Crippen LogP contribution in [0.2, 0.25) is 0 Å². The summed E-state index contributed by atoms with van der Waals surface area (Å²) in [6.07, 6.45) is 8.51. The van der Waals surface area contributed by atoms with Gasteiger partial charge in [-0.1, -0.05) is 104 Å². The predicted molar refractivity (Wildman–Crippen MR) is 197 cm³/mol. The van der Waals surface area contributed by atoms with Crippen LogP contribution < -0.4 is 15.5 Å². The first kappa shape index (κ1) is 32.5. The number of amides is 2. The van der Waals surface area contributed by atoms with E-state index < -0.39 is 0 Å². The van der Waals surface area contributed by atoms with E-state index in [4.69, 9.17) is 0 Å². The number of hydrogen-bond acceptors (Lipinski definition) is 3. The molecule has 0 spiro atoms. The summed E-state index contributed by atoms with van der Waals surface area (Å²) in [5.41, 5.74) is 8.60. The largest absolute Gasteiger partial charge is 0.335 e. The predicted octanol–water partition coefficient (Wildman–Crippen LogP) is 8.52. The zero-order valence-corrected chi connectivity index (χ0v) is 28.3. The molecule has 2 heterocycles. The zero-order chi connectivity index (χ0) is 33.9. The second-order valence-electron chi connectivity index (χ2n) is 13.5. The third-order valence-electron chi connectivity index (χ3n) is 9.33. The first-order valence-electron chi connectivity index (χ1n) is 16.4. The Morgan fingerprint density at radius 1 is 0.708 bits per heavy atom. The van der Waals surface area contributed by atoms with Crippen molar-refractivity contribution in [1.82, 2.24) is 0 Å². The van der Waals surface area contributed by atoms with Gasteiger partial charge in [0.15, 0.2) is 5.71 Å². The Balaban J connectivity index is 1.29. The smallest absolute Gasteiger partial charge is 0.290 e. The molecule has 2 aliphatic heterocycles. The van der Waals surface area contributed by atoms with Crippen molar-refractivity contribution in [3.63, 3.8) is 0 Å². The number of rotatable bonds is 9. The molecule has 4 aromatic carbocycles. The maximum Gasteiger partial charge on any atom is 0.290 e. The summed E-state index contributed by atoms with van der Waals surface area (Å²) >= 11 is 0. The highest BCUT2D eigenvalue weighted by atomic mass is 16.2. The molecule has 0 saturated heterocycles. The van der Waals surface area contributed by atoms with Crippen molar-refractivity contribution >= 4 is 40.3 Å². The number of para-hydroxylation sites is 4. The van der Waals surface area contributed by atoms with Gasteiger partial charge in [-0.15, -0.1) is 0 Å². The minimum absolute atomic E-state index is 0.0731. The summed E-state index contributed by atoms with van der Waals surface area (Å²) in [7, 11) is 0. The van der Waals surface area contributed by atoms with Crippen LogP contribution in [0.3, 0.4) is 0 Å². The van der Waals surface area contributed by atoms with Crippen LogP contribution >= 0.6 is 0 Å². The number of carbonyl (C=O) groups excluding carboxylic acids is 2. The Kier molecular flexibility index (Phi) is 9.01. The minimum Gasteiger partial charge on any atom is -0.335 e. The van der Waals surface area contributed by atoms with Crippen LogP contribution in [-0.2, 0) is 20.4 Å². The van der Waals surface area contributed by atoms with Crippen molar-refractivity contribution in [1.29, 1.82) is 0 Å². The van der Waals surface area contributed by atoms with Crippen molar-refractivity contribution in [2.24, 2.45) is 0 Å². The van der Waals surface area contributed by atoms with E-state index >= 15 is 0 Å². The average molecular weight is 636 g/mol. The monoisotopic (exact) mass is 635 g/mol. The third-order valence-corrected chi connectivity index (χ3v) is 9.33. The first-order valence-corrected chi connectivity index (χ1v) is 16.4. The fourth-order valence-electron chi connectivity index (χ4n) is 6.83. The van der Waals surface area contributed by atoms with Crippen LogP contribution in [0.5, 0.6) is 0 Å². The molecule has 0 unspecified atom stereocenters. The van der Waals surface area contributed by atoms with E-state index in [9.17, 15) is 9.59 Å². The van der Waals surface area contributed by atoms with Crippen LogP contribution in [-0.4, -0.2) is 35.2 Å². The van der Waals surface area contributed by atoms with E-state index in [0.717, 1.165) is 39.7 Å². The third kappa shape index (κ3) is 6.52. The van der Waals surface area contributed by atoms with Gasteiger partial charge in [0.25, 0.3) is 5.91 Å². The highest BCUT2D eigenvalue weighted by Gasteiger charge is 2.45. The Hall–Kier alpha value is -5.49. The maximum absolute atomic E-state index is 13.2. The summed E-state index contributed by atoms with van der Waals surface area (Å²) in [5, 5.41) is 6.08. The second-order valence-corrected chi connectivity index (χ2v) is 13.5. The van der Waals surface area contributed by atoms with E-state index in [1.54, 1.807) is 0 Å². The summed E-state index contributed by atoms with van der Waals surface area (Å²) in [5.74, 6) is -0.146. The van der Waals surface area contributed by atoms with Gasteiger partial charge in [0.05, 0.1) is 5.41 Å². The summed E-state index contributed by atoms with van der Waals surface area (Å²) in [6.45, 7) is 11.3. The molecule has 6 heteroatoms. The number of carbonyl (C=O) groups is 2. The van der Waals surface area contributed by atoms with Crippen LogP contribution in [0, 0.1) is 0 Å². The van der Waals surface area contributed by atoms with Crippen molar-refractivity contribution in [2.75, 3.05) is 28.6 Å². The van der Waals surface area contributed by atoms with Crippen LogP contribution in [0.1, 0.15) is 45.7 Å². The lowest BCUT2D eigenvalue weighted by Gasteiger charge is -2.26. The number of nitrogens with zero attached hydrogens (tertiary/aromatic N) is 2. The quantitative estimate of drug-likeness (QED) is 0.143. The fourth-order valence-corrected chi connectivity index (χ4v) is 6.83. The molecule has 2 amide bonds. The molecule has 2 N–H and O–H groups in total. The van der Waals surface area contributed by atoms with E-state index in [1.807, 2.05) is 72.8 Å². The molecule has 6 nitrogen and oxygen atoms in total. The van der Waals surface area contributed by atoms with E-state index in [0.29, 0.717) is 0 Å². The molecular weight excluding hydrogens is 592 g/mol. The van der Waals surface area contributed by atoms with Gasteiger partial charge in [-0.3, -0.25) is 9.59 Å². The molecule has 0 aliphatic carbocycles. The molecular formula is C42H43N4O2+. The van der Waals surface area contributed by atoms with Gasteiger partial charge in [0.2, 0.25) is 18.1 Å². The van der Waals surface area contributed by atoms with Gasteiger partial charge < -0.3 is 15.5 Å². The van der Waals surface area contributed by atoms with Gasteiger partial charge in [0.1, 0.15) is 6.54 Å². The second kappa shape index (κ2) is 13.3. The Labute approximate surface area is 283 Å². The molecule has 4 aromatic rings. The molecule has 0 atom stereocenters. The molecule has 0 saturated carbocycles.